The number of benzene rings is 1. The summed E-state index contributed by atoms with van der Waals surface area (Å²) in [6.45, 7) is 15.5. The molecule has 0 saturated heterocycles. The number of sulfone groups is 1. The first-order chi connectivity index (χ1) is 17.5. The van der Waals surface area contributed by atoms with Crippen molar-refractivity contribution in [3.05, 3.63) is 33.9 Å². The van der Waals surface area contributed by atoms with Gasteiger partial charge in [0.05, 0.1) is 16.3 Å². The van der Waals surface area contributed by atoms with Gasteiger partial charge in [-0.15, -0.1) is 0 Å². The molecule has 39 heavy (non-hydrogen) atoms. The first kappa shape index (κ1) is 30.3. The molecule has 1 aromatic carbocycles. The molecule has 3 atom stereocenters. The Kier molecular flexibility index (Phi) is 7.35. The van der Waals surface area contributed by atoms with E-state index in [4.69, 9.17) is 19.2 Å². The third-order valence-corrected chi connectivity index (χ3v) is 9.55. The maximum absolute atomic E-state index is 14.3. The van der Waals surface area contributed by atoms with Gasteiger partial charge < -0.3 is 14.2 Å². The number of ether oxygens (including phenoxy) is 3. The van der Waals surface area contributed by atoms with E-state index in [9.17, 15) is 28.1 Å². The lowest BCUT2D eigenvalue weighted by molar-refractivity contribution is -0.385. The number of nitrogens with zero attached hydrogens (tertiary/aromatic N) is 3. The SMILES string of the molecule is C[C@H]1C[C@@H]2[C@](C)(N=C(N(C(=O)OC(C)(C)C)C(=O)OC(C)(C)C)C(C)(C)S2(=O)=O)c2cc([N+](=O)[O-])ccc2O1. The van der Waals surface area contributed by atoms with Crippen LogP contribution in [0.2, 0.25) is 0 Å². The second kappa shape index (κ2) is 9.46. The molecule has 0 radical (unpaired) electrons. The van der Waals surface area contributed by atoms with Crippen LogP contribution in [0.5, 0.6) is 5.75 Å². The van der Waals surface area contributed by atoms with Gasteiger partial charge in [-0.25, -0.2) is 18.0 Å². The van der Waals surface area contributed by atoms with Gasteiger partial charge in [-0.2, -0.15) is 4.90 Å². The van der Waals surface area contributed by atoms with E-state index in [1.54, 1.807) is 48.5 Å². The summed E-state index contributed by atoms with van der Waals surface area (Å²) in [5, 5.41) is 10.4. The van der Waals surface area contributed by atoms with Crippen molar-refractivity contribution >= 4 is 33.5 Å². The molecule has 1 aromatic rings. The van der Waals surface area contributed by atoms with Gasteiger partial charge >= 0.3 is 12.2 Å². The summed E-state index contributed by atoms with van der Waals surface area (Å²) in [6.07, 6.45) is -2.90. The molecule has 0 aliphatic carbocycles. The van der Waals surface area contributed by atoms with Gasteiger partial charge in [-0.05, 0) is 75.3 Å². The van der Waals surface area contributed by atoms with Crippen LogP contribution >= 0.6 is 0 Å². The number of rotatable bonds is 1. The fourth-order valence-corrected chi connectivity index (χ4v) is 7.09. The molecule has 216 valence electrons. The molecular weight excluding hydrogens is 530 g/mol. The summed E-state index contributed by atoms with van der Waals surface area (Å²) in [5.74, 6) is -0.200. The number of nitro groups is 1. The van der Waals surface area contributed by atoms with Crippen molar-refractivity contribution in [2.24, 2.45) is 4.99 Å². The Morgan fingerprint density at radius 3 is 2.05 bits per heavy atom. The van der Waals surface area contributed by atoms with Crippen LogP contribution < -0.4 is 4.74 Å². The maximum Gasteiger partial charge on any atom is 0.425 e. The Balaban J connectivity index is 2.40. The Hall–Kier alpha value is -3.22. The van der Waals surface area contributed by atoms with E-state index >= 15 is 0 Å². The second-order valence-electron chi connectivity index (χ2n) is 12.5. The van der Waals surface area contributed by atoms with E-state index in [0.717, 1.165) is 0 Å². The smallest absolute Gasteiger partial charge is 0.425 e. The number of fused-ring (bicyclic) bond motifs is 3. The predicted octanol–water partition coefficient (Wildman–Crippen LogP) is 5.13. The van der Waals surface area contributed by atoms with E-state index in [-0.39, 0.29) is 23.4 Å². The zero-order chi connectivity index (χ0) is 29.9. The Labute approximate surface area is 228 Å². The Morgan fingerprint density at radius 1 is 1.08 bits per heavy atom. The molecule has 2 amide bonds. The van der Waals surface area contributed by atoms with E-state index in [1.165, 1.54) is 39.0 Å². The molecule has 0 aromatic heterocycles. The van der Waals surface area contributed by atoms with E-state index in [0.29, 0.717) is 4.90 Å². The van der Waals surface area contributed by atoms with Crippen molar-refractivity contribution in [3.63, 3.8) is 0 Å². The summed E-state index contributed by atoms with van der Waals surface area (Å²) < 4.78 is 43.7. The minimum absolute atomic E-state index is 0.0143. The molecule has 2 aliphatic rings. The molecule has 12 nitrogen and oxygen atoms in total. The first-order valence-corrected chi connectivity index (χ1v) is 14.1. The highest BCUT2D eigenvalue weighted by Gasteiger charge is 2.61. The Bertz CT molecular complexity index is 1310. The summed E-state index contributed by atoms with van der Waals surface area (Å²) >= 11 is 0. The summed E-state index contributed by atoms with van der Waals surface area (Å²) in [7, 11) is -4.24. The molecule has 2 heterocycles. The quantitative estimate of drug-likeness (QED) is 0.332. The van der Waals surface area contributed by atoms with Gasteiger partial charge in [0, 0.05) is 24.1 Å². The number of hydrogen-bond donors (Lipinski definition) is 0. The van der Waals surface area contributed by atoms with Gasteiger partial charge in [0.15, 0.2) is 9.84 Å². The number of hydrogen-bond acceptors (Lipinski definition) is 10. The Morgan fingerprint density at radius 2 is 1.59 bits per heavy atom. The van der Waals surface area contributed by atoms with Crippen molar-refractivity contribution in [2.75, 3.05) is 0 Å². The molecule has 0 saturated carbocycles. The van der Waals surface area contributed by atoms with E-state index in [1.807, 2.05) is 0 Å². The zero-order valence-electron chi connectivity index (χ0n) is 24.0. The largest absolute Gasteiger partial charge is 0.490 e. The number of carbonyl (C=O) groups excluding carboxylic acids is 2. The summed E-state index contributed by atoms with van der Waals surface area (Å²) in [4.78, 5) is 43.3. The highest BCUT2D eigenvalue weighted by atomic mass is 32.2. The number of nitro benzene ring substituents is 1. The van der Waals surface area contributed by atoms with Crippen molar-refractivity contribution in [1.29, 1.82) is 0 Å². The molecule has 0 spiro atoms. The van der Waals surface area contributed by atoms with Crippen LogP contribution in [0.4, 0.5) is 15.3 Å². The third kappa shape index (κ3) is 5.59. The highest BCUT2D eigenvalue weighted by Crippen LogP contribution is 2.50. The lowest BCUT2D eigenvalue weighted by Crippen LogP contribution is -2.64. The lowest BCUT2D eigenvalue weighted by atomic mass is 9.85. The molecule has 0 fully saturated rings. The number of imide groups is 1. The second-order valence-corrected chi connectivity index (χ2v) is 15.2. The van der Waals surface area contributed by atoms with Crippen LogP contribution in [-0.2, 0) is 24.8 Å². The van der Waals surface area contributed by atoms with Gasteiger partial charge in [0.2, 0.25) is 0 Å². The third-order valence-electron chi connectivity index (χ3n) is 6.55. The number of non-ortho nitro benzene ring substituents is 1. The number of carbonyl (C=O) groups is 2. The van der Waals surface area contributed by atoms with Crippen molar-refractivity contribution in [2.45, 2.75) is 109 Å². The van der Waals surface area contributed by atoms with Gasteiger partial charge in [-0.1, -0.05) is 0 Å². The average molecular weight is 568 g/mol. The molecule has 0 bridgehead atoms. The molecule has 0 unspecified atom stereocenters. The standard InChI is InChI=1S/C26H37N3O9S/c1-15-13-19-26(10,17-14-16(29(32)33)11-12-18(17)36-15)27-20(25(8,9)39(19,34)35)28(21(30)37-23(2,3)4)22(31)38-24(5,6)7/h11-12,14-15,19H,13H2,1-10H3/t15-,19+,26+/m0/s1. The summed E-state index contributed by atoms with van der Waals surface area (Å²) in [5.41, 5.74) is -3.89. The van der Waals surface area contributed by atoms with Crippen molar-refractivity contribution < 1.29 is 37.1 Å². The fraction of sp³-hybridized carbons (Fsp3) is 0.654. The molecule has 2 aliphatic heterocycles. The normalized spacial score (nSPS) is 25.5. The van der Waals surface area contributed by atoms with Crippen LogP contribution in [0.15, 0.2) is 23.2 Å². The van der Waals surface area contributed by atoms with Crippen LogP contribution in [-0.4, -0.2) is 63.6 Å². The van der Waals surface area contributed by atoms with Crippen LogP contribution in [0.1, 0.15) is 81.2 Å². The topological polar surface area (TPSA) is 155 Å². The number of amidine groups is 1. The average Bonchev–Trinajstić information content (AvgIpc) is 2.84. The van der Waals surface area contributed by atoms with Crippen molar-refractivity contribution in [3.8, 4) is 5.75 Å². The summed E-state index contributed by atoms with van der Waals surface area (Å²) in [6, 6.07) is 3.88. The predicted molar refractivity (Wildman–Crippen MR) is 144 cm³/mol. The maximum atomic E-state index is 14.3. The van der Waals surface area contributed by atoms with Gasteiger partial charge in [0.25, 0.3) is 5.69 Å². The van der Waals surface area contributed by atoms with Crippen molar-refractivity contribution in [1.82, 2.24) is 4.90 Å². The van der Waals surface area contributed by atoms with Gasteiger partial charge in [0.1, 0.15) is 33.1 Å². The lowest BCUT2D eigenvalue weighted by Gasteiger charge is -2.46. The molecule has 13 heteroatoms. The van der Waals surface area contributed by atoms with Crippen LogP contribution in [0, 0.1) is 10.1 Å². The van der Waals surface area contributed by atoms with Crippen LogP contribution in [0.3, 0.4) is 0 Å². The van der Waals surface area contributed by atoms with Gasteiger partial charge in [-0.3, -0.25) is 15.1 Å². The molecular formula is C26H37N3O9S. The number of aliphatic imine (C=N–C) groups is 1. The van der Waals surface area contributed by atoms with Crippen LogP contribution in [0.25, 0.3) is 0 Å². The fourth-order valence-electron chi connectivity index (χ4n) is 4.68. The highest BCUT2D eigenvalue weighted by molar-refractivity contribution is 7.94. The van der Waals surface area contributed by atoms with E-state index < -0.39 is 65.6 Å². The molecule has 3 rings (SSSR count). The minimum Gasteiger partial charge on any atom is -0.490 e. The van der Waals surface area contributed by atoms with E-state index in [2.05, 4.69) is 0 Å². The number of amides is 2. The zero-order valence-corrected chi connectivity index (χ0v) is 24.8. The minimum atomic E-state index is -4.24. The monoisotopic (exact) mass is 567 g/mol. The first-order valence-electron chi connectivity index (χ1n) is 12.6. The molecule has 0 N–H and O–H groups in total.